The summed E-state index contributed by atoms with van der Waals surface area (Å²) in [5, 5.41) is 15.9. The van der Waals surface area contributed by atoms with Gasteiger partial charge in [-0.3, -0.25) is 4.99 Å². The van der Waals surface area contributed by atoms with Crippen molar-refractivity contribution in [1.82, 2.24) is 20.0 Å². The van der Waals surface area contributed by atoms with Gasteiger partial charge in [0.2, 0.25) is 0 Å². The second-order valence-corrected chi connectivity index (χ2v) is 7.10. The number of fused-ring (bicyclic) bond motifs is 1. The Morgan fingerprint density at radius 3 is 2.85 bits per heavy atom. The van der Waals surface area contributed by atoms with Gasteiger partial charge in [-0.05, 0) is 43.7 Å². The molecular weight excluding hydrogens is 326 g/mol. The van der Waals surface area contributed by atoms with E-state index in [1.54, 1.807) is 0 Å². The highest BCUT2D eigenvalue weighted by Gasteiger charge is 2.10. The van der Waals surface area contributed by atoms with Crippen molar-refractivity contribution < 1.29 is 5.11 Å². The quantitative estimate of drug-likeness (QED) is 0.450. The molecular formula is C20H33N5O. The number of aliphatic hydroxyl groups is 1. The minimum absolute atomic E-state index is 0.227. The fourth-order valence-corrected chi connectivity index (χ4v) is 3.11. The van der Waals surface area contributed by atoms with Crippen molar-refractivity contribution in [3.05, 3.63) is 36.3 Å². The topological polar surface area (TPSA) is 74.0 Å². The van der Waals surface area contributed by atoms with Gasteiger partial charge in [0.05, 0.1) is 5.69 Å². The maximum atomic E-state index is 9.26. The smallest absolute Gasteiger partial charge is 0.191 e. The predicted molar refractivity (Wildman–Crippen MR) is 108 cm³/mol. The number of pyridine rings is 1. The number of rotatable bonds is 10. The van der Waals surface area contributed by atoms with Crippen molar-refractivity contribution in [3.63, 3.8) is 0 Å². The van der Waals surface area contributed by atoms with Crippen LogP contribution in [0.25, 0.3) is 5.65 Å². The van der Waals surface area contributed by atoms with Crippen LogP contribution in [0, 0.1) is 11.8 Å². The van der Waals surface area contributed by atoms with Crippen LogP contribution < -0.4 is 10.6 Å². The molecule has 26 heavy (non-hydrogen) atoms. The minimum Gasteiger partial charge on any atom is -0.396 e. The van der Waals surface area contributed by atoms with Crippen LogP contribution in [0.15, 0.2) is 35.6 Å². The van der Waals surface area contributed by atoms with Crippen molar-refractivity contribution in [1.29, 1.82) is 0 Å². The van der Waals surface area contributed by atoms with Crippen molar-refractivity contribution in [3.8, 4) is 0 Å². The van der Waals surface area contributed by atoms with Gasteiger partial charge in [-0.2, -0.15) is 0 Å². The summed E-state index contributed by atoms with van der Waals surface area (Å²) in [6.07, 6.45) is 6.83. The second kappa shape index (κ2) is 10.8. The SMILES string of the molecule is CCNC(=NCC(CCO)CC(C)C)NCCc1cn2ccccc2n1. The molecule has 0 aliphatic carbocycles. The van der Waals surface area contributed by atoms with Crippen molar-refractivity contribution in [2.24, 2.45) is 16.8 Å². The summed E-state index contributed by atoms with van der Waals surface area (Å²) in [7, 11) is 0. The molecule has 0 spiro atoms. The van der Waals surface area contributed by atoms with E-state index in [1.165, 1.54) is 0 Å². The molecule has 6 nitrogen and oxygen atoms in total. The summed E-state index contributed by atoms with van der Waals surface area (Å²) in [4.78, 5) is 9.34. The summed E-state index contributed by atoms with van der Waals surface area (Å²) in [6.45, 7) is 9.07. The third-order valence-corrected chi connectivity index (χ3v) is 4.28. The van der Waals surface area contributed by atoms with E-state index in [0.717, 1.165) is 56.2 Å². The molecule has 144 valence electrons. The zero-order chi connectivity index (χ0) is 18.8. The fourth-order valence-electron chi connectivity index (χ4n) is 3.11. The van der Waals surface area contributed by atoms with Gasteiger partial charge in [0.1, 0.15) is 5.65 Å². The third kappa shape index (κ3) is 6.67. The largest absolute Gasteiger partial charge is 0.396 e. The summed E-state index contributed by atoms with van der Waals surface area (Å²) in [5.41, 5.74) is 2.04. The Hall–Kier alpha value is -2.08. The second-order valence-electron chi connectivity index (χ2n) is 7.10. The van der Waals surface area contributed by atoms with E-state index >= 15 is 0 Å². The van der Waals surface area contributed by atoms with Gasteiger partial charge < -0.3 is 20.1 Å². The molecule has 0 saturated heterocycles. The average Bonchev–Trinajstić information content (AvgIpc) is 3.02. The van der Waals surface area contributed by atoms with Gasteiger partial charge in [0, 0.05) is 45.1 Å². The molecule has 0 aliphatic heterocycles. The molecule has 0 radical (unpaired) electrons. The Morgan fingerprint density at radius 1 is 1.31 bits per heavy atom. The van der Waals surface area contributed by atoms with Crippen LogP contribution in [0.3, 0.4) is 0 Å². The van der Waals surface area contributed by atoms with Gasteiger partial charge in [-0.1, -0.05) is 19.9 Å². The van der Waals surface area contributed by atoms with Crippen molar-refractivity contribution in [2.45, 2.75) is 40.0 Å². The van der Waals surface area contributed by atoms with E-state index in [9.17, 15) is 5.11 Å². The standard InChI is InChI=1S/C20H33N5O/c1-4-21-20(23-14-17(9-12-26)13-16(2)3)22-10-8-18-15-25-11-6-5-7-19(25)24-18/h5-7,11,15-17,26H,4,8-10,12-14H2,1-3H3,(H2,21,22,23). The van der Waals surface area contributed by atoms with E-state index in [-0.39, 0.29) is 6.61 Å². The van der Waals surface area contributed by atoms with Crippen LogP contribution in [0.4, 0.5) is 0 Å². The molecule has 0 aliphatic rings. The highest BCUT2D eigenvalue weighted by molar-refractivity contribution is 5.79. The molecule has 0 saturated carbocycles. The average molecular weight is 360 g/mol. The van der Waals surface area contributed by atoms with Crippen LogP contribution >= 0.6 is 0 Å². The molecule has 1 atom stereocenters. The maximum absolute atomic E-state index is 9.26. The summed E-state index contributed by atoms with van der Waals surface area (Å²) in [5.74, 6) is 1.88. The number of aliphatic imine (C=N–C) groups is 1. The van der Waals surface area contributed by atoms with Crippen molar-refractivity contribution in [2.75, 3.05) is 26.2 Å². The normalized spacial score (nSPS) is 13.3. The van der Waals surface area contributed by atoms with Crippen LogP contribution in [-0.2, 0) is 6.42 Å². The first-order valence-corrected chi connectivity index (χ1v) is 9.68. The molecule has 2 rings (SSSR count). The molecule has 2 aromatic heterocycles. The number of imidazole rings is 1. The number of aromatic nitrogens is 2. The van der Waals surface area contributed by atoms with Gasteiger partial charge >= 0.3 is 0 Å². The number of hydrogen-bond donors (Lipinski definition) is 3. The molecule has 0 aromatic carbocycles. The Balaban J connectivity index is 1.87. The van der Waals surface area contributed by atoms with Crippen LogP contribution in [0.1, 0.15) is 39.3 Å². The van der Waals surface area contributed by atoms with E-state index in [2.05, 4.69) is 42.6 Å². The van der Waals surface area contributed by atoms with E-state index in [4.69, 9.17) is 4.99 Å². The number of aliphatic hydroxyl groups excluding tert-OH is 1. The molecule has 6 heteroatoms. The molecule has 0 fully saturated rings. The molecule has 3 N–H and O–H groups in total. The Kier molecular flexibility index (Phi) is 8.41. The number of hydrogen-bond acceptors (Lipinski definition) is 3. The summed E-state index contributed by atoms with van der Waals surface area (Å²) >= 11 is 0. The lowest BCUT2D eigenvalue weighted by Crippen LogP contribution is -2.38. The van der Waals surface area contributed by atoms with Gasteiger partial charge in [0.25, 0.3) is 0 Å². The fraction of sp³-hybridized carbons (Fsp3) is 0.600. The zero-order valence-electron chi connectivity index (χ0n) is 16.3. The first-order valence-electron chi connectivity index (χ1n) is 9.68. The molecule has 0 bridgehead atoms. The number of guanidine groups is 1. The van der Waals surface area contributed by atoms with Gasteiger partial charge in [-0.15, -0.1) is 0 Å². The van der Waals surface area contributed by atoms with E-state index < -0.39 is 0 Å². The number of nitrogens with zero attached hydrogens (tertiary/aromatic N) is 3. The third-order valence-electron chi connectivity index (χ3n) is 4.28. The van der Waals surface area contributed by atoms with Crippen molar-refractivity contribution >= 4 is 11.6 Å². The number of nitrogens with one attached hydrogen (secondary N) is 2. The zero-order valence-corrected chi connectivity index (χ0v) is 16.3. The predicted octanol–water partition coefficient (Wildman–Crippen LogP) is 2.48. The minimum atomic E-state index is 0.227. The highest BCUT2D eigenvalue weighted by atomic mass is 16.3. The first-order chi connectivity index (χ1) is 12.6. The highest BCUT2D eigenvalue weighted by Crippen LogP contribution is 2.15. The lowest BCUT2D eigenvalue weighted by atomic mass is 9.94. The molecule has 2 heterocycles. The lowest BCUT2D eigenvalue weighted by molar-refractivity contribution is 0.245. The lowest BCUT2D eigenvalue weighted by Gasteiger charge is -2.17. The summed E-state index contributed by atoms with van der Waals surface area (Å²) < 4.78 is 2.04. The van der Waals surface area contributed by atoms with Gasteiger partial charge in [-0.25, -0.2) is 4.98 Å². The van der Waals surface area contributed by atoms with Crippen LogP contribution in [-0.4, -0.2) is 46.7 Å². The van der Waals surface area contributed by atoms with Crippen LogP contribution in [0.5, 0.6) is 0 Å². The van der Waals surface area contributed by atoms with E-state index in [1.807, 2.05) is 28.8 Å². The maximum Gasteiger partial charge on any atom is 0.191 e. The molecule has 2 aromatic rings. The first kappa shape index (κ1) is 20.2. The van der Waals surface area contributed by atoms with Crippen LogP contribution in [0.2, 0.25) is 0 Å². The van der Waals surface area contributed by atoms with E-state index in [0.29, 0.717) is 11.8 Å². The Bertz CT molecular complexity index is 647. The van der Waals surface area contributed by atoms with Gasteiger partial charge in [0.15, 0.2) is 5.96 Å². The Morgan fingerprint density at radius 2 is 2.15 bits per heavy atom. The molecule has 0 amide bonds. The summed E-state index contributed by atoms with van der Waals surface area (Å²) in [6, 6.07) is 6.02. The monoisotopic (exact) mass is 359 g/mol. The Labute approximate surface area is 156 Å². The molecule has 1 unspecified atom stereocenters.